The first-order valence-corrected chi connectivity index (χ1v) is 11.2. The van der Waals surface area contributed by atoms with Crippen LogP contribution >= 0.6 is 0 Å². The van der Waals surface area contributed by atoms with E-state index >= 15 is 0 Å². The minimum atomic E-state index is -0.598. The Balaban J connectivity index is 1.70. The van der Waals surface area contributed by atoms with E-state index in [4.69, 9.17) is 0 Å². The number of rotatable bonds is 7. The molecule has 2 nitrogen and oxygen atoms in total. The Bertz CT molecular complexity index is 885. The van der Waals surface area contributed by atoms with Gasteiger partial charge in [-0.3, -0.25) is 0 Å². The molecule has 4 heteroatoms. The summed E-state index contributed by atoms with van der Waals surface area (Å²) < 4.78 is 26.8. The molecule has 1 saturated carbocycles. The van der Waals surface area contributed by atoms with Gasteiger partial charge in [0.05, 0.1) is 6.10 Å². The van der Waals surface area contributed by atoms with Crippen molar-refractivity contribution in [1.82, 2.24) is 5.32 Å². The minimum absolute atomic E-state index is 0.0647. The van der Waals surface area contributed by atoms with E-state index in [0.717, 1.165) is 31.7 Å². The van der Waals surface area contributed by atoms with Gasteiger partial charge in [0, 0.05) is 18.2 Å². The normalized spacial score (nSPS) is 17.5. The third kappa shape index (κ3) is 6.24. The van der Waals surface area contributed by atoms with Crippen LogP contribution < -0.4 is 5.32 Å². The summed E-state index contributed by atoms with van der Waals surface area (Å²) in [5.41, 5.74) is 4.26. The van der Waals surface area contributed by atoms with Gasteiger partial charge >= 0.3 is 0 Å². The van der Waals surface area contributed by atoms with E-state index in [0.29, 0.717) is 24.9 Å². The van der Waals surface area contributed by atoms with Gasteiger partial charge in [-0.2, -0.15) is 0 Å². The summed E-state index contributed by atoms with van der Waals surface area (Å²) in [4.78, 5) is 0. The molecule has 1 aliphatic carbocycles. The predicted molar refractivity (Wildman–Crippen MR) is 123 cm³/mol. The number of aliphatic hydroxyl groups is 1. The van der Waals surface area contributed by atoms with Crippen molar-refractivity contribution in [3.05, 3.63) is 82.9 Å². The van der Waals surface area contributed by atoms with Gasteiger partial charge in [-0.05, 0) is 72.8 Å². The molecule has 2 aromatic rings. The zero-order valence-corrected chi connectivity index (χ0v) is 19.0. The van der Waals surface area contributed by atoms with E-state index in [1.165, 1.54) is 28.8 Å². The number of aliphatic hydroxyl groups excluding tert-OH is 1. The van der Waals surface area contributed by atoms with E-state index in [2.05, 4.69) is 56.9 Å². The number of nitrogens with one attached hydrogen (secondary N) is 1. The maximum Gasteiger partial charge on any atom is 0.126 e. The van der Waals surface area contributed by atoms with Crippen LogP contribution in [0.15, 0.2) is 54.6 Å². The van der Waals surface area contributed by atoms with Crippen LogP contribution in [0.4, 0.5) is 8.78 Å². The molecule has 0 radical (unpaired) electrons. The van der Waals surface area contributed by atoms with Crippen LogP contribution in [0, 0.1) is 11.6 Å². The van der Waals surface area contributed by atoms with Crippen LogP contribution in [0.2, 0.25) is 0 Å². The summed E-state index contributed by atoms with van der Waals surface area (Å²) in [5, 5.41) is 14.3. The largest absolute Gasteiger partial charge is 0.392 e. The molecule has 0 bridgehead atoms. The first-order valence-electron chi connectivity index (χ1n) is 11.2. The average molecular weight is 428 g/mol. The average Bonchev–Trinajstić information content (AvgIpc) is 2.71. The third-order valence-corrected chi connectivity index (χ3v) is 6.46. The fourth-order valence-electron chi connectivity index (χ4n) is 4.39. The first kappa shape index (κ1) is 23.6. The highest BCUT2D eigenvalue weighted by atomic mass is 19.1. The summed E-state index contributed by atoms with van der Waals surface area (Å²) in [7, 11) is 0. The van der Waals surface area contributed by atoms with Crippen LogP contribution in [0.25, 0.3) is 0 Å². The lowest BCUT2D eigenvalue weighted by atomic mass is 9.73. The zero-order chi connectivity index (χ0) is 22.6. The summed E-state index contributed by atoms with van der Waals surface area (Å²) in [6.07, 6.45) is 4.10. The molecule has 0 heterocycles. The molecule has 1 fully saturated rings. The van der Waals surface area contributed by atoms with Gasteiger partial charge in [-0.1, -0.05) is 57.2 Å². The quantitative estimate of drug-likeness (QED) is 0.518. The standard InChI is InChI=1S/C27H35F2NO/c1-19-10-12-27(13-11-19,22-7-5-6-21(16-22)26(2,3)4)30-18-25(31)9-8-20-14-23(28)17-24(29)15-20/h5-7,14-17,25,30-31H,1,8-13,18H2,2-4H3. The summed E-state index contributed by atoms with van der Waals surface area (Å²) in [6, 6.07) is 12.3. The highest BCUT2D eigenvalue weighted by molar-refractivity contribution is 5.34. The van der Waals surface area contributed by atoms with E-state index in [9.17, 15) is 13.9 Å². The molecule has 2 N–H and O–H groups in total. The molecule has 1 unspecified atom stereocenters. The second-order valence-corrected chi connectivity index (χ2v) is 10.0. The van der Waals surface area contributed by atoms with E-state index in [1.807, 2.05) is 0 Å². The number of aryl methyl sites for hydroxylation is 1. The SMILES string of the molecule is C=C1CCC(NCC(O)CCc2cc(F)cc(F)c2)(c2cccc(C(C)(C)C)c2)CC1. The molecule has 3 rings (SSSR count). The monoisotopic (exact) mass is 427 g/mol. The van der Waals surface area contributed by atoms with Crippen LogP contribution in [-0.4, -0.2) is 17.8 Å². The molecule has 0 aromatic heterocycles. The van der Waals surface area contributed by atoms with Gasteiger partial charge in [0.25, 0.3) is 0 Å². The third-order valence-electron chi connectivity index (χ3n) is 6.46. The van der Waals surface area contributed by atoms with Crippen molar-refractivity contribution < 1.29 is 13.9 Å². The molecular weight excluding hydrogens is 392 g/mol. The number of halogens is 2. The second-order valence-electron chi connectivity index (χ2n) is 10.0. The van der Waals surface area contributed by atoms with Crippen LogP contribution in [0.3, 0.4) is 0 Å². The lowest BCUT2D eigenvalue weighted by molar-refractivity contribution is 0.136. The fourth-order valence-corrected chi connectivity index (χ4v) is 4.39. The summed E-state index contributed by atoms with van der Waals surface area (Å²) in [5.74, 6) is -1.16. The smallest absolute Gasteiger partial charge is 0.126 e. The van der Waals surface area contributed by atoms with Crippen molar-refractivity contribution in [3.8, 4) is 0 Å². The topological polar surface area (TPSA) is 32.3 Å². The number of allylic oxidation sites excluding steroid dienone is 1. The molecule has 0 amide bonds. The van der Waals surface area contributed by atoms with Crippen LogP contribution in [0.5, 0.6) is 0 Å². The highest BCUT2D eigenvalue weighted by Crippen LogP contribution is 2.40. The molecule has 0 saturated heterocycles. The second kappa shape index (κ2) is 9.62. The number of hydrogen-bond donors (Lipinski definition) is 2. The van der Waals surface area contributed by atoms with Crippen molar-refractivity contribution in [1.29, 1.82) is 0 Å². The van der Waals surface area contributed by atoms with Gasteiger partial charge in [0.2, 0.25) is 0 Å². The maximum atomic E-state index is 13.4. The van der Waals surface area contributed by atoms with Crippen molar-refractivity contribution in [2.24, 2.45) is 0 Å². The molecule has 168 valence electrons. The van der Waals surface area contributed by atoms with Gasteiger partial charge in [0.1, 0.15) is 11.6 Å². The van der Waals surface area contributed by atoms with Crippen LogP contribution in [-0.2, 0) is 17.4 Å². The molecule has 1 aliphatic rings. The lowest BCUT2D eigenvalue weighted by Crippen LogP contribution is -2.47. The van der Waals surface area contributed by atoms with Gasteiger partial charge in [0.15, 0.2) is 0 Å². The van der Waals surface area contributed by atoms with Crippen molar-refractivity contribution in [3.63, 3.8) is 0 Å². The Kier molecular flexibility index (Phi) is 7.33. The van der Waals surface area contributed by atoms with Crippen molar-refractivity contribution in [2.75, 3.05) is 6.54 Å². The highest BCUT2D eigenvalue weighted by Gasteiger charge is 2.35. The van der Waals surface area contributed by atoms with E-state index in [-0.39, 0.29) is 11.0 Å². The molecule has 0 spiro atoms. The first-order chi connectivity index (χ1) is 14.6. The molecule has 31 heavy (non-hydrogen) atoms. The molecular formula is C27H35F2NO. The number of benzene rings is 2. The predicted octanol–water partition coefficient (Wildman–Crippen LogP) is 6.17. The van der Waals surface area contributed by atoms with Gasteiger partial charge in [-0.15, -0.1) is 0 Å². The lowest BCUT2D eigenvalue weighted by Gasteiger charge is -2.41. The summed E-state index contributed by atoms with van der Waals surface area (Å²) in [6.45, 7) is 11.2. The minimum Gasteiger partial charge on any atom is -0.392 e. The molecule has 1 atom stereocenters. The molecule has 2 aromatic carbocycles. The number of hydrogen-bond acceptors (Lipinski definition) is 2. The van der Waals surface area contributed by atoms with E-state index < -0.39 is 17.7 Å². The summed E-state index contributed by atoms with van der Waals surface area (Å²) >= 11 is 0. The Morgan fingerprint density at radius 2 is 1.71 bits per heavy atom. The van der Waals surface area contributed by atoms with Crippen LogP contribution in [0.1, 0.15) is 69.6 Å². The zero-order valence-electron chi connectivity index (χ0n) is 19.0. The Morgan fingerprint density at radius 1 is 1.06 bits per heavy atom. The van der Waals surface area contributed by atoms with Crippen molar-refractivity contribution >= 4 is 0 Å². The van der Waals surface area contributed by atoms with Gasteiger partial charge in [-0.25, -0.2) is 8.78 Å². The Hall–Kier alpha value is -2.04. The van der Waals surface area contributed by atoms with Crippen molar-refractivity contribution in [2.45, 2.75) is 76.4 Å². The van der Waals surface area contributed by atoms with E-state index in [1.54, 1.807) is 0 Å². The maximum absolute atomic E-state index is 13.4. The molecule has 0 aliphatic heterocycles. The Labute approximate surface area is 185 Å². The van der Waals surface area contributed by atoms with Gasteiger partial charge < -0.3 is 10.4 Å². The Morgan fingerprint density at radius 3 is 2.32 bits per heavy atom. The fraction of sp³-hybridized carbons (Fsp3) is 0.481.